The van der Waals surface area contributed by atoms with Crippen LogP contribution in [0.25, 0.3) is 16.2 Å². The molecule has 3 rings (SSSR count). The summed E-state index contributed by atoms with van der Waals surface area (Å²) in [4.78, 5) is 15.1. The quantitative estimate of drug-likeness (QED) is 0.789. The molecule has 5 nitrogen and oxygen atoms in total. The molecule has 0 aliphatic carbocycles. The second-order valence-corrected chi connectivity index (χ2v) is 5.03. The topological polar surface area (TPSA) is 67.5 Å². The van der Waals surface area contributed by atoms with Gasteiger partial charge in [0.25, 0.3) is 5.82 Å². The fraction of sp³-hybridized carbons (Fsp3) is 0.0833. The Balaban J connectivity index is 2.35. The van der Waals surface area contributed by atoms with Crippen LogP contribution < -0.4 is 0 Å². The Kier molecular flexibility index (Phi) is 2.94. The largest absolute Gasteiger partial charge is 0.478 e. The van der Waals surface area contributed by atoms with Gasteiger partial charge in [0, 0.05) is 0 Å². The molecule has 1 N–H and O–H groups in total. The first-order valence-electron chi connectivity index (χ1n) is 5.62. The summed E-state index contributed by atoms with van der Waals surface area (Å²) in [6.45, 7) is 0. The lowest BCUT2D eigenvalue weighted by atomic mass is 10.2. The number of halogens is 3. The summed E-state index contributed by atoms with van der Waals surface area (Å²) in [5.41, 5.74) is -0.313. The van der Waals surface area contributed by atoms with Gasteiger partial charge in [-0.3, -0.25) is 0 Å². The van der Waals surface area contributed by atoms with Gasteiger partial charge in [-0.1, -0.05) is 6.07 Å². The second kappa shape index (κ2) is 4.55. The average molecular weight is 313 g/mol. The van der Waals surface area contributed by atoms with Crippen LogP contribution in [-0.2, 0) is 6.18 Å². The van der Waals surface area contributed by atoms with E-state index in [4.69, 9.17) is 5.11 Å². The maximum absolute atomic E-state index is 12.7. The predicted octanol–water partition coefficient (Wildman–Crippen LogP) is 3.17. The molecule has 0 unspecified atom stereocenters. The zero-order chi connectivity index (χ0) is 15.2. The van der Waals surface area contributed by atoms with Crippen LogP contribution in [0.3, 0.4) is 0 Å². The molecule has 0 aliphatic rings. The standard InChI is InChI=1S/C12H6F3N3O2S/c13-12(14,15)11-16-9-6(10(19)20)3-4-7(18(9)17-11)8-2-1-5-21-8/h1-5H,(H,19,20). The first-order valence-corrected chi connectivity index (χ1v) is 6.50. The molecular weight excluding hydrogens is 307 g/mol. The van der Waals surface area contributed by atoms with E-state index < -0.39 is 18.0 Å². The number of carboxylic acids is 1. The Morgan fingerprint density at radius 2 is 2.05 bits per heavy atom. The normalized spacial score (nSPS) is 12.0. The average Bonchev–Trinajstić information content (AvgIpc) is 3.05. The molecule has 21 heavy (non-hydrogen) atoms. The van der Waals surface area contributed by atoms with Gasteiger partial charge in [0.1, 0.15) is 5.56 Å². The van der Waals surface area contributed by atoms with Gasteiger partial charge in [0.15, 0.2) is 5.65 Å². The Bertz CT molecular complexity index is 824. The Hall–Kier alpha value is -2.42. The maximum Gasteiger partial charge on any atom is 0.453 e. The molecule has 3 heterocycles. The van der Waals surface area contributed by atoms with E-state index in [-0.39, 0.29) is 11.2 Å². The molecule has 0 fully saturated rings. The summed E-state index contributed by atoms with van der Waals surface area (Å²) in [6.07, 6.45) is -4.74. The van der Waals surface area contributed by atoms with Crippen molar-refractivity contribution in [1.29, 1.82) is 0 Å². The molecule has 0 bridgehead atoms. The highest BCUT2D eigenvalue weighted by molar-refractivity contribution is 7.13. The zero-order valence-corrected chi connectivity index (χ0v) is 10.9. The van der Waals surface area contributed by atoms with Crippen molar-refractivity contribution in [3.63, 3.8) is 0 Å². The number of nitrogens with zero attached hydrogens (tertiary/aromatic N) is 3. The third kappa shape index (κ3) is 2.25. The first kappa shape index (κ1) is 13.6. The van der Waals surface area contributed by atoms with Crippen molar-refractivity contribution in [3.8, 4) is 10.6 Å². The third-order valence-corrected chi connectivity index (χ3v) is 3.63. The van der Waals surface area contributed by atoms with Crippen molar-refractivity contribution >= 4 is 23.0 Å². The molecule has 0 saturated heterocycles. The minimum absolute atomic E-state index is 0.333. The number of aromatic nitrogens is 3. The van der Waals surface area contributed by atoms with Crippen molar-refractivity contribution < 1.29 is 23.1 Å². The van der Waals surface area contributed by atoms with Crippen LogP contribution in [0.2, 0.25) is 0 Å². The zero-order valence-electron chi connectivity index (χ0n) is 10.1. The van der Waals surface area contributed by atoms with E-state index in [1.165, 1.54) is 23.5 Å². The van der Waals surface area contributed by atoms with Crippen LogP contribution in [0.4, 0.5) is 13.2 Å². The van der Waals surface area contributed by atoms with E-state index in [1.54, 1.807) is 17.5 Å². The van der Waals surface area contributed by atoms with Crippen LogP contribution in [0.5, 0.6) is 0 Å². The van der Waals surface area contributed by atoms with Gasteiger partial charge in [-0.2, -0.15) is 13.2 Å². The summed E-state index contributed by atoms with van der Waals surface area (Å²) >= 11 is 1.30. The van der Waals surface area contributed by atoms with E-state index in [1.807, 2.05) is 0 Å². The lowest BCUT2D eigenvalue weighted by molar-refractivity contribution is -0.144. The van der Waals surface area contributed by atoms with E-state index in [2.05, 4.69) is 10.1 Å². The van der Waals surface area contributed by atoms with E-state index in [0.717, 1.165) is 4.52 Å². The number of aromatic carboxylic acids is 1. The summed E-state index contributed by atoms with van der Waals surface area (Å²) in [5.74, 6) is -2.73. The lowest BCUT2D eigenvalue weighted by Crippen LogP contribution is -2.07. The van der Waals surface area contributed by atoms with Gasteiger partial charge in [0.2, 0.25) is 0 Å². The van der Waals surface area contributed by atoms with Crippen LogP contribution >= 0.6 is 11.3 Å². The number of pyridine rings is 1. The van der Waals surface area contributed by atoms with Crippen molar-refractivity contribution in [2.75, 3.05) is 0 Å². The Morgan fingerprint density at radius 1 is 1.29 bits per heavy atom. The molecule has 9 heteroatoms. The first-order chi connectivity index (χ1) is 9.88. The van der Waals surface area contributed by atoms with Gasteiger partial charge in [0.05, 0.1) is 10.6 Å². The summed E-state index contributed by atoms with van der Waals surface area (Å²) in [7, 11) is 0. The molecule has 0 amide bonds. The number of thiophene rings is 1. The van der Waals surface area contributed by atoms with Crippen LogP contribution in [-0.4, -0.2) is 25.7 Å². The predicted molar refractivity (Wildman–Crippen MR) is 68.3 cm³/mol. The summed E-state index contributed by atoms with van der Waals surface area (Å²) in [5, 5.41) is 14.2. The van der Waals surface area contributed by atoms with Crippen molar-refractivity contribution in [3.05, 3.63) is 41.0 Å². The van der Waals surface area contributed by atoms with Crippen LogP contribution in [0.1, 0.15) is 16.2 Å². The van der Waals surface area contributed by atoms with Gasteiger partial charge in [-0.15, -0.1) is 16.4 Å². The fourth-order valence-electron chi connectivity index (χ4n) is 1.86. The number of hydrogen-bond donors (Lipinski definition) is 1. The minimum Gasteiger partial charge on any atom is -0.478 e. The molecule has 0 atom stereocenters. The molecule has 0 aromatic carbocycles. The summed E-state index contributed by atoms with van der Waals surface area (Å²) in [6, 6.07) is 6.08. The van der Waals surface area contributed by atoms with Crippen LogP contribution in [0, 0.1) is 0 Å². The highest BCUT2D eigenvalue weighted by atomic mass is 32.1. The third-order valence-electron chi connectivity index (χ3n) is 2.74. The van der Waals surface area contributed by atoms with Crippen LogP contribution in [0.15, 0.2) is 29.6 Å². The van der Waals surface area contributed by atoms with E-state index in [0.29, 0.717) is 10.6 Å². The molecular formula is C12H6F3N3O2S. The monoisotopic (exact) mass is 313 g/mol. The number of fused-ring (bicyclic) bond motifs is 1. The molecule has 108 valence electrons. The number of alkyl halides is 3. The molecule has 0 radical (unpaired) electrons. The Labute approximate surface area is 119 Å². The smallest absolute Gasteiger partial charge is 0.453 e. The van der Waals surface area contributed by atoms with Crippen molar-refractivity contribution in [1.82, 2.24) is 14.6 Å². The molecule has 0 spiro atoms. The SMILES string of the molecule is O=C(O)c1ccc(-c2cccs2)n2nc(C(F)(F)F)nc12. The number of hydrogen-bond acceptors (Lipinski definition) is 4. The fourth-order valence-corrected chi connectivity index (χ4v) is 2.60. The highest BCUT2D eigenvalue weighted by Gasteiger charge is 2.37. The molecule has 0 saturated carbocycles. The number of carbonyl (C=O) groups is 1. The number of rotatable bonds is 2. The molecule has 0 aliphatic heterocycles. The van der Waals surface area contributed by atoms with Gasteiger partial charge >= 0.3 is 12.1 Å². The second-order valence-electron chi connectivity index (χ2n) is 4.08. The maximum atomic E-state index is 12.7. The minimum atomic E-state index is -4.74. The van der Waals surface area contributed by atoms with Crippen molar-refractivity contribution in [2.45, 2.75) is 6.18 Å². The van der Waals surface area contributed by atoms with E-state index >= 15 is 0 Å². The summed E-state index contributed by atoms with van der Waals surface area (Å²) < 4.78 is 39.2. The van der Waals surface area contributed by atoms with Crippen molar-refractivity contribution in [2.24, 2.45) is 0 Å². The lowest BCUT2D eigenvalue weighted by Gasteiger charge is -2.03. The van der Waals surface area contributed by atoms with Gasteiger partial charge in [-0.25, -0.2) is 14.3 Å². The van der Waals surface area contributed by atoms with Gasteiger partial charge < -0.3 is 5.11 Å². The Morgan fingerprint density at radius 3 is 2.62 bits per heavy atom. The van der Waals surface area contributed by atoms with E-state index in [9.17, 15) is 18.0 Å². The molecule has 3 aromatic heterocycles. The highest BCUT2D eigenvalue weighted by Crippen LogP contribution is 2.30. The van der Waals surface area contributed by atoms with Gasteiger partial charge in [-0.05, 0) is 23.6 Å². The number of carboxylic acid groups (broad SMARTS) is 1. The molecule has 3 aromatic rings.